The third-order valence-electron chi connectivity index (χ3n) is 3.45. The molecule has 0 radical (unpaired) electrons. The second-order valence-corrected chi connectivity index (χ2v) is 6.67. The van der Waals surface area contributed by atoms with Gasteiger partial charge in [0.15, 0.2) is 5.76 Å². The van der Waals surface area contributed by atoms with E-state index in [-0.39, 0.29) is 24.1 Å². The Bertz CT molecular complexity index is 893. The van der Waals surface area contributed by atoms with Crippen molar-refractivity contribution in [2.45, 2.75) is 0 Å². The molecule has 0 unspecified atom stereocenters. The predicted molar refractivity (Wildman–Crippen MR) is 109 cm³/mol. The zero-order chi connectivity index (χ0) is 18.4. The average molecular weight is 461 g/mol. The smallest absolute Gasteiger partial charge is 0.291 e. The molecule has 0 aliphatic rings. The number of hydrogen-bond donors (Lipinski definition) is 3. The molecule has 3 aromatic rings. The quantitative estimate of drug-likeness (QED) is 0.481. The zero-order valence-corrected chi connectivity index (χ0v) is 15.8. The van der Waals surface area contributed by atoms with Crippen LogP contribution >= 0.6 is 22.6 Å². The van der Waals surface area contributed by atoms with Gasteiger partial charge in [0.25, 0.3) is 5.91 Å². The Labute approximate surface area is 164 Å². The summed E-state index contributed by atoms with van der Waals surface area (Å²) in [4.78, 5) is 24.1. The first-order chi connectivity index (χ1) is 12.6. The van der Waals surface area contributed by atoms with Gasteiger partial charge in [0.05, 0.1) is 12.8 Å². The minimum atomic E-state index is -0.348. The summed E-state index contributed by atoms with van der Waals surface area (Å²) in [6.07, 6.45) is 1.44. The van der Waals surface area contributed by atoms with Crippen LogP contribution in [0, 0.1) is 3.57 Å². The maximum Gasteiger partial charge on any atom is 0.291 e. The third kappa shape index (κ3) is 5.09. The number of carbonyl (C=O) groups is 2. The fourth-order valence-electron chi connectivity index (χ4n) is 2.23. The molecule has 26 heavy (non-hydrogen) atoms. The minimum absolute atomic E-state index is 0.142. The van der Waals surface area contributed by atoms with Crippen LogP contribution < -0.4 is 16.0 Å². The van der Waals surface area contributed by atoms with Gasteiger partial charge in [0, 0.05) is 20.6 Å². The van der Waals surface area contributed by atoms with Crippen molar-refractivity contribution >= 4 is 51.5 Å². The molecule has 0 aliphatic heterocycles. The molecule has 0 aliphatic carbocycles. The van der Waals surface area contributed by atoms with Crippen LogP contribution in [-0.2, 0) is 4.79 Å². The lowest BCUT2D eigenvalue weighted by Gasteiger charge is -2.09. The Morgan fingerprint density at radius 3 is 2.31 bits per heavy atom. The first kappa shape index (κ1) is 18.0. The summed E-state index contributed by atoms with van der Waals surface area (Å²) in [7, 11) is 0. The molecule has 0 bridgehead atoms. The summed E-state index contributed by atoms with van der Waals surface area (Å²) < 4.78 is 6.18. The molecular formula is C19H16IN3O3. The van der Waals surface area contributed by atoms with Crippen LogP contribution in [0.25, 0.3) is 0 Å². The third-order valence-corrected chi connectivity index (χ3v) is 4.17. The number of carbonyl (C=O) groups excluding carboxylic acids is 2. The molecular weight excluding hydrogens is 445 g/mol. The molecule has 3 rings (SSSR count). The summed E-state index contributed by atoms with van der Waals surface area (Å²) in [5.74, 6) is -0.307. The fraction of sp³-hybridized carbons (Fsp3) is 0.0526. The highest BCUT2D eigenvalue weighted by atomic mass is 127. The molecule has 2 aromatic carbocycles. The number of anilines is 3. The Kier molecular flexibility index (Phi) is 5.90. The van der Waals surface area contributed by atoms with Crippen molar-refractivity contribution in [1.29, 1.82) is 0 Å². The van der Waals surface area contributed by atoms with E-state index in [9.17, 15) is 9.59 Å². The van der Waals surface area contributed by atoms with Gasteiger partial charge < -0.3 is 20.4 Å². The zero-order valence-electron chi connectivity index (χ0n) is 13.7. The van der Waals surface area contributed by atoms with Gasteiger partial charge in [0.1, 0.15) is 0 Å². The molecule has 3 N–H and O–H groups in total. The van der Waals surface area contributed by atoms with E-state index in [0.717, 1.165) is 9.26 Å². The van der Waals surface area contributed by atoms with Crippen LogP contribution in [0.2, 0.25) is 0 Å². The van der Waals surface area contributed by atoms with Gasteiger partial charge >= 0.3 is 0 Å². The number of furan rings is 1. The number of hydrogen-bond acceptors (Lipinski definition) is 4. The van der Waals surface area contributed by atoms with Crippen molar-refractivity contribution in [1.82, 2.24) is 0 Å². The topological polar surface area (TPSA) is 83.4 Å². The second kappa shape index (κ2) is 8.52. The Morgan fingerprint density at radius 2 is 1.62 bits per heavy atom. The summed E-state index contributed by atoms with van der Waals surface area (Å²) in [5, 5.41) is 8.57. The molecule has 0 saturated carbocycles. The highest BCUT2D eigenvalue weighted by Crippen LogP contribution is 2.16. The van der Waals surface area contributed by atoms with Crippen molar-refractivity contribution in [3.8, 4) is 0 Å². The molecule has 0 atom stereocenters. The highest BCUT2D eigenvalue weighted by Gasteiger charge is 2.09. The van der Waals surface area contributed by atoms with E-state index in [1.165, 1.54) is 6.26 Å². The van der Waals surface area contributed by atoms with Crippen molar-refractivity contribution in [3.63, 3.8) is 0 Å². The van der Waals surface area contributed by atoms with Gasteiger partial charge in [-0.1, -0.05) is 6.07 Å². The fourth-order valence-corrected chi connectivity index (χ4v) is 2.59. The van der Waals surface area contributed by atoms with Gasteiger partial charge in [-0.3, -0.25) is 9.59 Å². The van der Waals surface area contributed by atoms with Gasteiger partial charge in [-0.05, 0) is 77.2 Å². The molecule has 0 fully saturated rings. The van der Waals surface area contributed by atoms with Crippen molar-refractivity contribution in [3.05, 3.63) is 76.3 Å². The molecule has 0 saturated heterocycles. The predicted octanol–water partition coefficient (Wildman–Crippen LogP) is 4.19. The van der Waals surface area contributed by atoms with Crippen molar-refractivity contribution in [2.24, 2.45) is 0 Å². The lowest BCUT2D eigenvalue weighted by Crippen LogP contribution is -2.21. The number of rotatable bonds is 6. The van der Waals surface area contributed by atoms with Crippen LogP contribution in [0.3, 0.4) is 0 Å². The van der Waals surface area contributed by atoms with E-state index in [4.69, 9.17) is 4.42 Å². The average Bonchev–Trinajstić information content (AvgIpc) is 3.16. The summed E-state index contributed by atoms with van der Waals surface area (Å²) >= 11 is 2.22. The van der Waals surface area contributed by atoms with E-state index in [0.29, 0.717) is 11.4 Å². The lowest BCUT2D eigenvalue weighted by molar-refractivity contribution is -0.114. The van der Waals surface area contributed by atoms with Crippen LogP contribution in [0.15, 0.2) is 71.3 Å². The first-order valence-electron chi connectivity index (χ1n) is 7.84. The molecule has 1 heterocycles. The largest absolute Gasteiger partial charge is 0.459 e. The summed E-state index contributed by atoms with van der Waals surface area (Å²) in [5.41, 5.74) is 2.03. The number of benzene rings is 2. The molecule has 132 valence electrons. The van der Waals surface area contributed by atoms with E-state index in [1.807, 2.05) is 24.3 Å². The summed E-state index contributed by atoms with van der Waals surface area (Å²) in [6.45, 7) is 0.142. The molecule has 1 aromatic heterocycles. The number of halogens is 1. The van der Waals surface area contributed by atoms with Gasteiger partial charge in [-0.25, -0.2) is 0 Å². The van der Waals surface area contributed by atoms with E-state index >= 15 is 0 Å². The maximum atomic E-state index is 12.1. The number of amides is 2. The Balaban J connectivity index is 1.55. The maximum absolute atomic E-state index is 12.1. The van der Waals surface area contributed by atoms with E-state index in [2.05, 4.69) is 38.5 Å². The lowest BCUT2D eigenvalue weighted by atomic mass is 10.2. The highest BCUT2D eigenvalue weighted by molar-refractivity contribution is 14.1. The summed E-state index contributed by atoms with van der Waals surface area (Å²) in [6, 6.07) is 17.9. The molecule has 0 spiro atoms. The normalized spacial score (nSPS) is 10.2. The SMILES string of the molecule is O=C(CNc1ccc(I)cc1)Nc1cccc(NC(=O)c2ccco2)c1. The second-order valence-electron chi connectivity index (χ2n) is 5.42. The van der Waals surface area contributed by atoms with E-state index < -0.39 is 0 Å². The van der Waals surface area contributed by atoms with Crippen molar-refractivity contribution in [2.75, 3.05) is 22.5 Å². The Hall–Kier alpha value is -2.81. The van der Waals surface area contributed by atoms with Crippen LogP contribution in [0.5, 0.6) is 0 Å². The standard InChI is InChI=1S/C19H16IN3O3/c20-13-6-8-14(9-7-13)21-12-18(24)22-15-3-1-4-16(11-15)23-19(25)17-5-2-10-26-17/h1-11,21H,12H2,(H,22,24)(H,23,25). The Morgan fingerprint density at radius 1 is 0.885 bits per heavy atom. The first-order valence-corrected chi connectivity index (χ1v) is 8.92. The van der Waals surface area contributed by atoms with Crippen LogP contribution in [-0.4, -0.2) is 18.4 Å². The van der Waals surface area contributed by atoms with Crippen LogP contribution in [0.1, 0.15) is 10.6 Å². The number of nitrogens with one attached hydrogen (secondary N) is 3. The van der Waals surface area contributed by atoms with E-state index in [1.54, 1.807) is 36.4 Å². The molecule has 2 amide bonds. The van der Waals surface area contributed by atoms with Gasteiger partial charge in [0.2, 0.25) is 5.91 Å². The monoisotopic (exact) mass is 461 g/mol. The molecule has 6 nitrogen and oxygen atoms in total. The van der Waals surface area contributed by atoms with Gasteiger partial charge in [-0.2, -0.15) is 0 Å². The van der Waals surface area contributed by atoms with Crippen LogP contribution in [0.4, 0.5) is 17.1 Å². The molecule has 7 heteroatoms. The van der Waals surface area contributed by atoms with Crippen molar-refractivity contribution < 1.29 is 14.0 Å². The minimum Gasteiger partial charge on any atom is -0.459 e. The van der Waals surface area contributed by atoms with Gasteiger partial charge in [-0.15, -0.1) is 0 Å².